The van der Waals surface area contributed by atoms with E-state index >= 15 is 0 Å². The highest BCUT2D eigenvalue weighted by Gasteiger charge is 2.42. The van der Waals surface area contributed by atoms with Crippen molar-refractivity contribution in [3.63, 3.8) is 0 Å². The molecule has 0 unspecified atom stereocenters. The van der Waals surface area contributed by atoms with Gasteiger partial charge in [0.15, 0.2) is 0 Å². The number of amides is 2. The van der Waals surface area contributed by atoms with Gasteiger partial charge in [0.25, 0.3) is 0 Å². The number of likely N-dealkylation sites (tertiary alicyclic amines) is 1. The summed E-state index contributed by atoms with van der Waals surface area (Å²) in [5.74, 6) is -0.980. The SMILES string of the molecule is CCOC(=O)[C@H]1CCC(=O)N1C(=O)OCc1ccccc1. The van der Waals surface area contributed by atoms with E-state index in [-0.39, 0.29) is 26.1 Å². The van der Waals surface area contributed by atoms with E-state index in [0.29, 0.717) is 0 Å². The third-order valence-corrected chi connectivity index (χ3v) is 3.17. The molecule has 0 aliphatic carbocycles. The molecule has 2 amide bonds. The molecule has 1 aliphatic rings. The molecule has 1 aromatic rings. The summed E-state index contributed by atoms with van der Waals surface area (Å²) < 4.78 is 9.98. The maximum Gasteiger partial charge on any atom is 0.417 e. The van der Waals surface area contributed by atoms with Crippen LogP contribution in [0.15, 0.2) is 30.3 Å². The average Bonchev–Trinajstić information content (AvgIpc) is 2.88. The zero-order chi connectivity index (χ0) is 15.2. The second-order valence-electron chi connectivity index (χ2n) is 4.61. The van der Waals surface area contributed by atoms with Crippen molar-refractivity contribution >= 4 is 18.0 Å². The third kappa shape index (κ3) is 3.59. The Morgan fingerprint density at radius 3 is 2.62 bits per heavy atom. The Morgan fingerprint density at radius 1 is 1.24 bits per heavy atom. The minimum Gasteiger partial charge on any atom is -0.464 e. The van der Waals surface area contributed by atoms with E-state index in [1.54, 1.807) is 6.92 Å². The van der Waals surface area contributed by atoms with E-state index in [1.807, 2.05) is 30.3 Å². The van der Waals surface area contributed by atoms with Crippen molar-refractivity contribution in [2.24, 2.45) is 0 Å². The fourth-order valence-electron chi connectivity index (χ4n) is 2.16. The minimum atomic E-state index is -0.874. The molecule has 0 N–H and O–H groups in total. The maximum atomic E-state index is 12.0. The van der Waals surface area contributed by atoms with E-state index in [9.17, 15) is 14.4 Å². The molecule has 1 saturated heterocycles. The predicted molar refractivity (Wildman–Crippen MR) is 73.1 cm³/mol. The quantitative estimate of drug-likeness (QED) is 0.792. The minimum absolute atomic E-state index is 0.0546. The predicted octanol–water partition coefficient (Wildman–Crippen LogP) is 1.88. The van der Waals surface area contributed by atoms with Crippen LogP contribution in [0.3, 0.4) is 0 Å². The van der Waals surface area contributed by atoms with Crippen LogP contribution in [-0.4, -0.2) is 35.5 Å². The van der Waals surface area contributed by atoms with Gasteiger partial charge in [-0.05, 0) is 18.9 Å². The molecule has 1 heterocycles. The number of hydrogen-bond acceptors (Lipinski definition) is 5. The Morgan fingerprint density at radius 2 is 1.95 bits per heavy atom. The Balaban J connectivity index is 1.98. The van der Waals surface area contributed by atoms with Crippen molar-refractivity contribution in [2.45, 2.75) is 32.4 Å². The number of carbonyl (C=O) groups excluding carboxylic acids is 3. The van der Waals surface area contributed by atoms with Crippen LogP contribution in [-0.2, 0) is 25.7 Å². The Kier molecular flexibility index (Phi) is 4.92. The standard InChI is InChI=1S/C15H17NO5/c1-2-20-14(18)12-8-9-13(17)16(12)15(19)21-10-11-6-4-3-5-7-11/h3-7,12H,2,8-10H2,1H3/t12-/m1/s1. The van der Waals surface area contributed by atoms with Gasteiger partial charge in [0, 0.05) is 6.42 Å². The zero-order valence-electron chi connectivity index (χ0n) is 11.8. The van der Waals surface area contributed by atoms with Crippen LogP contribution >= 0.6 is 0 Å². The Labute approximate surface area is 122 Å². The fraction of sp³-hybridized carbons (Fsp3) is 0.400. The molecular weight excluding hydrogens is 274 g/mol. The van der Waals surface area contributed by atoms with Crippen molar-refractivity contribution < 1.29 is 23.9 Å². The van der Waals surface area contributed by atoms with Gasteiger partial charge in [-0.1, -0.05) is 30.3 Å². The molecule has 0 radical (unpaired) electrons. The molecular formula is C15H17NO5. The van der Waals surface area contributed by atoms with E-state index in [2.05, 4.69) is 0 Å². The van der Waals surface area contributed by atoms with Crippen LogP contribution in [0.2, 0.25) is 0 Å². The molecule has 1 atom stereocenters. The van der Waals surface area contributed by atoms with Gasteiger partial charge in [0.1, 0.15) is 12.6 Å². The average molecular weight is 291 g/mol. The summed E-state index contributed by atoms with van der Waals surface area (Å²) in [5, 5.41) is 0. The number of hydrogen-bond donors (Lipinski definition) is 0. The molecule has 1 aliphatic heterocycles. The summed E-state index contributed by atoms with van der Waals surface area (Å²) in [5.41, 5.74) is 0.810. The number of esters is 1. The molecule has 6 heteroatoms. The number of benzene rings is 1. The first-order valence-corrected chi connectivity index (χ1v) is 6.83. The van der Waals surface area contributed by atoms with Crippen molar-refractivity contribution in [2.75, 3.05) is 6.61 Å². The molecule has 2 rings (SSSR count). The van der Waals surface area contributed by atoms with Crippen molar-refractivity contribution in [1.82, 2.24) is 4.90 Å². The summed E-state index contributed by atoms with van der Waals surface area (Å²) in [6.45, 7) is 1.93. The second kappa shape index (κ2) is 6.88. The van der Waals surface area contributed by atoms with E-state index < -0.39 is 24.0 Å². The molecule has 0 spiro atoms. The van der Waals surface area contributed by atoms with Crippen LogP contribution in [0.4, 0.5) is 4.79 Å². The summed E-state index contributed by atoms with van der Waals surface area (Å²) >= 11 is 0. The largest absolute Gasteiger partial charge is 0.464 e. The van der Waals surface area contributed by atoms with Crippen LogP contribution in [0, 0.1) is 0 Å². The first-order valence-electron chi connectivity index (χ1n) is 6.83. The monoisotopic (exact) mass is 291 g/mol. The highest BCUT2D eigenvalue weighted by molar-refractivity contribution is 5.99. The third-order valence-electron chi connectivity index (χ3n) is 3.17. The molecule has 0 bridgehead atoms. The van der Waals surface area contributed by atoms with Crippen molar-refractivity contribution in [3.8, 4) is 0 Å². The van der Waals surface area contributed by atoms with Gasteiger partial charge >= 0.3 is 12.1 Å². The maximum absolute atomic E-state index is 12.0. The lowest BCUT2D eigenvalue weighted by atomic mass is 10.2. The lowest BCUT2D eigenvalue weighted by Gasteiger charge is -2.20. The van der Waals surface area contributed by atoms with Crippen LogP contribution in [0.5, 0.6) is 0 Å². The molecule has 1 aromatic carbocycles. The van der Waals surface area contributed by atoms with Crippen LogP contribution in [0.25, 0.3) is 0 Å². The van der Waals surface area contributed by atoms with Gasteiger partial charge in [0.2, 0.25) is 5.91 Å². The highest BCUT2D eigenvalue weighted by Crippen LogP contribution is 2.21. The van der Waals surface area contributed by atoms with Gasteiger partial charge < -0.3 is 9.47 Å². The molecule has 0 saturated carbocycles. The Hall–Kier alpha value is -2.37. The van der Waals surface area contributed by atoms with Gasteiger partial charge in [-0.15, -0.1) is 0 Å². The van der Waals surface area contributed by atoms with Gasteiger partial charge in [-0.25, -0.2) is 14.5 Å². The molecule has 112 valence electrons. The Bertz CT molecular complexity index is 528. The molecule has 6 nitrogen and oxygen atoms in total. The van der Waals surface area contributed by atoms with Crippen molar-refractivity contribution in [3.05, 3.63) is 35.9 Å². The van der Waals surface area contributed by atoms with Crippen molar-refractivity contribution in [1.29, 1.82) is 0 Å². The normalized spacial score (nSPS) is 17.7. The number of rotatable bonds is 4. The summed E-state index contributed by atoms with van der Waals surface area (Å²) in [7, 11) is 0. The zero-order valence-corrected chi connectivity index (χ0v) is 11.8. The first kappa shape index (κ1) is 15.0. The second-order valence-corrected chi connectivity index (χ2v) is 4.61. The lowest BCUT2D eigenvalue weighted by molar-refractivity contribution is -0.150. The summed E-state index contributed by atoms with van der Waals surface area (Å²) in [4.78, 5) is 36.4. The number of nitrogens with zero attached hydrogens (tertiary/aromatic N) is 1. The van der Waals surface area contributed by atoms with E-state index in [4.69, 9.17) is 9.47 Å². The molecule has 1 fully saturated rings. The summed E-state index contributed by atoms with van der Waals surface area (Å²) in [6.07, 6.45) is -0.387. The van der Waals surface area contributed by atoms with Gasteiger partial charge in [0.05, 0.1) is 6.61 Å². The smallest absolute Gasteiger partial charge is 0.417 e. The summed E-state index contributed by atoms with van der Waals surface area (Å²) in [6, 6.07) is 8.24. The number of ether oxygens (including phenoxy) is 2. The molecule has 21 heavy (non-hydrogen) atoms. The topological polar surface area (TPSA) is 72.9 Å². The van der Waals surface area contributed by atoms with E-state index in [0.717, 1.165) is 10.5 Å². The molecule has 0 aromatic heterocycles. The van der Waals surface area contributed by atoms with E-state index in [1.165, 1.54) is 0 Å². The van der Waals surface area contributed by atoms with Crippen LogP contribution < -0.4 is 0 Å². The first-order chi connectivity index (χ1) is 10.1. The fourth-order valence-corrected chi connectivity index (χ4v) is 2.16. The van der Waals surface area contributed by atoms with Crippen LogP contribution in [0.1, 0.15) is 25.3 Å². The highest BCUT2D eigenvalue weighted by atomic mass is 16.6. The van der Waals surface area contributed by atoms with Gasteiger partial charge in [-0.2, -0.15) is 0 Å². The number of imide groups is 1. The number of carbonyl (C=O) groups is 3. The lowest BCUT2D eigenvalue weighted by Crippen LogP contribution is -2.43. The van der Waals surface area contributed by atoms with Gasteiger partial charge in [-0.3, -0.25) is 4.79 Å².